The van der Waals surface area contributed by atoms with Gasteiger partial charge < -0.3 is 9.64 Å². The van der Waals surface area contributed by atoms with Crippen LogP contribution in [0.1, 0.15) is 15.9 Å². The van der Waals surface area contributed by atoms with Crippen LogP contribution in [0.15, 0.2) is 84.9 Å². The Morgan fingerprint density at radius 3 is 2.19 bits per heavy atom. The topological polar surface area (TPSA) is 59.5 Å². The number of carbonyl (C=O) groups excluding carboxylic acids is 2. The van der Waals surface area contributed by atoms with E-state index in [-0.39, 0.29) is 12.5 Å². The fourth-order valence-electron chi connectivity index (χ4n) is 3.54. The highest BCUT2D eigenvalue weighted by Crippen LogP contribution is 2.30. The molecule has 0 saturated heterocycles. The van der Waals surface area contributed by atoms with Crippen LogP contribution in [0.3, 0.4) is 0 Å². The van der Waals surface area contributed by atoms with E-state index in [1.807, 2.05) is 91.9 Å². The van der Waals surface area contributed by atoms with Gasteiger partial charge in [-0.2, -0.15) is 0 Å². The number of benzene rings is 3. The molecule has 5 nitrogen and oxygen atoms in total. The van der Waals surface area contributed by atoms with E-state index in [1.54, 1.807) is 7.05 Å². The molecule has 0 spiro atoms. The fourth-order valence-corrected chi connectivity index (χ4v) is 3.54. The molecule has 0 aliphatic heterocycles. The van der Waals surface area contributed by atoms with E-state index in [9.17, 15) is 9.59 Å². The molecular weight excluding hydrogens is 388 g/mol. The van der Waals surface area contributed by atoms with Crippen molar-refractivity contribution in [3.05, 3.63) is 96.1 Å². The fraction of sp³-hybridized carbons (Fsp3) is 0.115. The molecule has 1 aromatic heterocycles. The number of nitrogens with zero attached hydrogens (tertiary/aromatic N) is 2. The number of hydrogen-bond donors (Lipinski definition) is 0. The predicted molar refractivity (Wildman–Crippen MR) is 122 cm³/mol. The largest absolute Gasteiger partial charge is 0.452 e. The van der Waals surface area contributed by atoms with Crippen molar-refractivity contribution < 1.29 is 14.3 Å². The highest BCUT2D eigenvalue weighted by Gasteiger charge is 2.21. The number of esters is 1. The van der Waals surface area contributed by atoms with Gasteiger partial charge in [-0.05, 0) is 30.7 Å². The van der Waals surface area contributed by atoms with Crippen molar-refractivity contribution in [1.82, 2.24) is 4.98 Å². The quantitative estimate of drug-likeness (QED) is 0.433. The summed E-state index contributed by atoms with van der Waals surface area (Å²) < 4.78 is 5.45. The molecule has 0 aliphatic rings. The summed E-state index contributed by atoms with van der Waals surface area (Å²) in [5.41, 5.74) is 4.23. The number of para-hydroxylation sites is 2. The molecule has 0 atom stereocenters. The maximum Gasteiger partial charge on any atom is 0.339 e. The number of pyridine rings is 1. The van der Waals surface area contributed by atoms with Gasteiger partial charge in [-0.1, -0.05) is 66.7 Å². The summed E-state index contributed by atoms with van der Waals surface area (Å²) in [7, 11) is 1.66. The molecule has 0 aliphatic carbocycles. The van der Waals surface area contributed by atoms with Crippen LogP contribution < -0.4 is 4.90 Å². The Labute approximate surface area is 180 Å². The number of anilines is 1. The van der Waals surface area contributed by atoms with Crippen molar-refractivity contribution in [2.75, 3.05) is 18.6 Å². The monoisotopic (exact) mass is 410 g/mol. The van der Waals surface area contributed by atoms with E-state index >= 15 is 0 Å². The van der Waals surface area contributed by atoms with Gasteiger partial charge >= 0.3 is 5.97 Å². The van der Waals surface area contributed by atoms with Gasteiger partial charge in [0.15, 0.2) is 6.61 Å². The lowest BCUT2D eigenvalue weighted by Crippen LogP contribution is -2.31. The Morgan fingerprint density at radius 2 is 1.48 bits per heavy atom. The van der Waals surface area contributed by atoms with Crippen LogP contribution in [0.4, 0.5) is 5.69 Å². The highest BCUT2D eigenvalue weighted by molar-refractivity contribution is 6.07. The third-order valence-electron chi connectivity index (χ3n) is 5.23. The number of ether oxygens (including phenoxy) is 1. The maximum atomic E-state index is 13.1. The van der Waals surface area contributed by atoms with E-state index in [1.165, 1.54) is 4.90 Å². The van der Waals surface area contributed by atoms with Gasteiger partial charge in [0, 0.05) is 23.7 Å². The van der Waals surface area contributed by atoms with Crippen molar-refractivity contribution >= 4 is 28.5 Å². The normalized spacial score (nSPS) is 10.6. The molecule has 0 radical (unpaired) electrons. The zero-order valence-electron chi connectivity index (χ0n) is 17.4. The average Bonchev–Trinajstić information content (AvgIpc) is 2.82. The molecule has 1 heterocycles. The lowest BCUT2D eigenvalue weighted by Gasteiger charge is -2.18. The van der Waals surface area contributed by atoms with Crippen molar-refractivity contribution in [2.24, 2.45) is 0 Å². The van der Waals surface area contributed by atoms with Gasteiger partial charge in [-0.3, -0.25) is 4.79 Å². The predicted octanol–water partition coefficient (Wildman–Crippen LogP) is 5.03. The molecule has 154 valence electrons. The Kier molecular flexibility index (Phi) is 5.76. The number of likely N-dealkylation sites (N-methyl/N-ethyl adjacent to an activating group) is 1. The number of rotatable bonds is 5. The zero-order valence-corrected chi connectivity index (χ0v) is 17.4. The van der Waals surface area contributed by atoms with Gasteiger partial charge in [0.1, 0.15) is 0 Å². The number of amides is 1. The molecule has 31 heavy (non-hydrogen) atoms. The van der Waals surface area contributed by atoms with Gasteiger partial charge in [0.25, 0.3) is 5.91 Å². The minimum Gasteiger partial charge on any atom is -0.452 e. The van der Waals surface area contributed by atoms with Crippen LogP contribution in [0.25, 0.3) is 22.2 Å². The minimum absolute atomic E-state index is 0.307. The molecule has 0 N–H and O–H groups in total. The van der Waals surface area contributed by atoms with Gasteiger partial charge in [-0.25, -0.2) is 9.78 Å². The molecule has 0 unspecified atom stereocenters. The minimum atomic E-state index is -0.539. The number of aromatic nitrogens is 1. The van der Waals surface area contributed by atoms with Crippen LogP contribution in [-0.2, 0) is 9.53 Å². The summed E-state index contributed by atoms with van der Waals surface area (Å²) in [5, 5.41) is 0.702. The summed E-state index contributed by atoms with van der Waals surface area (Å²) in [5.74, 6) is -0.845. The van der Waals surface area contributed by atoms with Crippen LogP contribution in [0.2, 0.25) is 0 Å². The molecule has 0 fully saturated rings. The van der Waals surface area contributed by atoms with Crippen LogP contribution in [0, 0.1) is 6.92 Å². The van der Waals surface area contributed by atoms with E-state index in [0.717, 1.165) is 22.5 Å². The van der Waals surface area contributed by atoms with E-state index in [2.05, 4.69) is 0 Å². The van der Waals surface area contributed by atoms with E-state index in [4.69, 9.17) is 9.72 Å². The summed E-state index contributed by atoms with van der Waals surface area (Å²) in [6.07, 6.45) is 0. The van der Waals surface area contributed by atoms with Crippen molar-refractivity contribution in [3.63, 3.8) is 0 Å². The van der Waals surface area contributed by atoms with Gasteiger partial charge in [0.2, 0.25) is 0 Å². The SMILES string of the molecule is Cc1c(-c2ccccc2)nc2ccccc2c1C(=O)OCC(=O)N(C)c1ccccc1. The summed E-state index contributed by atoms with van der Waals surface area (Å²) in [6, 6.07) is 26.4. The third-order valence-corrected chi connectivity index (χ3v) is 5.23. The van der Waals surface area contributed by atoms with E-state index < -0.39 is 5.97 Å². The average molecular weight is 410 g/mol. The standard InChI is InChI=1S/C26H22N2O3/c1-18-24(26(30)31-17-23(29)28(2)20-13-7-4-8-14-20)21-15-9-10-16-22(21)27-25(18)19-11-5-3-6-12-19/h3-16H,17H2,1-2H3. The third kappa shape index (κ3) is 4.16. The summed E-state index contributed by atoms with van der Waals surface area (Å²) in [4.78, 5) is 31.9. The summed E-state index contributed by atoms with van der Waals surface area (Å²) in [6.45, 7) is 1.51. The lowest BCUT2D eigenvalue weighted by molar-refractivity contribution is -0.121. The second kappa shape index (κ2) is 8.79. The number of carbonyl (C=O) groups is 2. The number of hydrogen-bond acceptors (Lipinski definition) is 4. The molecule has 3 aromatic carbocycles. The Balaban J connectivity index is 1.64. The van der Waals surface area contributed by atoms with Crippen LogP contribution in [0.5, 0.6) is 0 Å². The lowest BCUT2D eigenvalue weighted by atomic mass is 9.98. The highest BCUT2D eigenvalue weighted by atomic mass is 16.5. The molecule has 4 aromatic rings. The summed E-state index contributed by atoms with van der Waals surface area (Å²) >= 11 is 0. The van der Waals surface area contributed by atoms with Crippen LogP contribution in [-0.4, -0.2) is 30.5 Å². The first-order chi connectivity index (χ1) is 15.1. The molecule has 1 amide bonds. The first-order valence-corrected chi connectivity index (χ1v) is 9.99. The Morgan fingerprint density at radius 1 is 0.871 bits per heavy atom. The smallest absolute Gasteiger partial charge is 0.339 e. The van der Waals surface area contributed by atoms with Crippen molar-refractivity contribution in [1.29, 1.82) is 0 Å². The molecule has 0 bridgehead atoms. The van der Waals surface area contributed by atoms with Crippen molar-refractivity contribution in [2.45, 2.75) is 6.92 Å². The molecule has 4 rings (SSSR count). The second-order valence-corrected chi connectivity index (χ2v) is 7.21. The van der Waals surface area contributed by atoms with Crippen molar-refractivity contribution in [3.8, 4) is 11.3 Å². The van der Waals surface area contributed by atoms with E-state index in [0.29, 0.717) is 16.5 Å². The number of fused-ring (bicyclic) bond motifs is 1. The van der Waals surface area contributed by atoms with Gasteiger partial charge in [-0.15, -0.1) is 0 Å². The Bertz CT molecular complexity index is 1240. The zero-order chi connectivity index (χ0) is 21.8. The first-order valence-electron chi connectivity index (χ1n) is 9.99. The molecular formula is C26H22N2O3. The Hall–Kier alpha value is -3.99. The first kappa shape index (κ1) is 20.3. The molecule has 5 heteroatoms. The molecule has 0 saturated carbocycles. The second-order valence-electron chi connectivity index (χ2n) is 7.21. The maximum absolute atomic E-state index is 13.1. The van der Waals surface area contributed by atoms with Crippen LogP contribution >= 0.6 is 0 Å². The van der Waals surface area contributed by atoms with Gasteiger partial charge in [0.05, 0.1) is 16.8 Å².